The molecular weight excluding hydrogens is 863 g/mol. The van der Waals surface area contributed by atoms with Gasteiger partial charge >= 0.3 is 0 Å². The molecule has 68 heavy (non-hydrogen) atoms. The van der Waals surface area contributed by atoms with Crippen molar-refractivity contribution in [3.05, 3.63) is 236 Å². The summed E-state index contributed by atoms with van der Waals surface area (Å²) < 4.78 is 16.1. The third-order valence-corrected chi connectivity index (χ3v) is 20.8. The maximum atomic E-state index is 6.88. The van der Waals surface area contributed by atoms with Crippen molar-refractivity contribution in [1.29, 1.82) is 0 Å². The molecule has 0 bridgehead atoms. The summed E-state index contributed by atoms with van der Waals surface area (Å²) in [7, 11) is -2.98. The summed E-state index contributed by atoms with van der Waals surface area (Å²) in [4.78, 5) is 2.36. The molecule has 3 nitrogen and oxygen atoms in total. The molecule has 5 heteroatoms. The van der Waals surface area contributed by atoms with Gasteiger partial charge in [0, 0.05) is 48.2 Å². The van der Waals surface area contributed by atoms with Gasteiger partial charge in [0.05, 0.1) is 0 Å². The molecule has 0 fully saturated rings. The van der Waals surface area contributed by atoms with Crippen LogP contribution >= 0.6 is 11.3 Å². The van der Waals surface area contributed by atoms with E-state index in [2.05, 4.69) is 219 Å². The highest BCUT2D eigenvalue weighted by atomic mass is 32.1. The zero-order valence-corrected chi connectivity index (χ0v) is 39.4. The number of benzene rings is 10. The van der Waals surface area contributed by atoms with Gasteiger partial charge in [0.25, 0.3) is 0 Å². The maximum absolute atomic E-state index is 6.88. The summed E-state index contributed by atoms with van der Waals surface area (Å²) in [5.74, 6) is 3.02. The minimum absolute atomic E-state index is 0.146. The molecule has 0 saturated carbocycles. The standard InChI is InChI=1S/C63H43NO2SSi/c1-63(2)52-19-9-6-16-47(52)48-35-33-46(39-53(48)63)68(59-23-13-8-18-51(59)61-60(68)37-36-56-62(61)66-55-21-11-10-20-54(55)65-56)45-31-26-41(27-32-45)40-24-28-43(29-25-40)64(42-14-4-3-5-15-42)44-30-34-50-49-17-7-12-22-57(49)67-58(50)38-44/h3-39H,1-2H3. The van der Waals surface area contributed by atoms with Gasteiger partial charge < -0.3 is 14.4 Å². The fourth-order valence-electron chi connectivity index (χ4n) is 11.7. The molecule has 322 valence electrons. The molecule has 11 aromatic rings. The van der Waals surface area contributed by atoms with Gasteiger partial charge in [-0.15, -0.1) is 11.3 Å². The predicted molar refractivity (Wildman–Crippen MR) is 286 cm³/mol. The summed E-state index contributed by atoms with van der Waals surface area (Å²) in [6.45, 7) is 4.77. The lowest BCUT2D eigenvalue weighted by molar-refractivity contribution is 0.361. The zero-order valence-electron chi connectivity index (χ0n) is 37.5. The number of hydrogen-bond donors (Lipinski definition) is 0. The van der Waals surface area contributed by atoms with E-state index in [1.807, 2.05) is 35.6 Å². The van der Waals surface area contributed by atoms with Crippen LogP contribution in [-0.4, -0.2) is 8.07 Å². The van der Waals surface area contributed by atoms with Crippen molar-refractivity contribution >= 4 is 77.4 Å². The van der Waals surface area contributed by atoms with Crippen LogP contribution in [0.5, 0.6) is 23.0 Å². The Kier molecular flexibility index (Phi) is 8.52. The van der Waals surface area contributed by atoms with Gasteiger partial charge in [-0.25, -0.2) is 0 Å². The minimum atomic E-state index is -2.98. The monoisotopic (exact) mass is 905 g/mol. The lowest BCUT2D eigenvalue weighted by atomic mass is 9.82. The molecular formula is C63H43NO2SSi. The Bertz CT molecular complexity index is 3840. The third-order valence-electron chi connectivity index (χ3n) is 14.8. The van der Waals surface area contributed by atoms with Crippen LogP contribution in [0.1, 0.15) is 25.0 Å². The molecule has 0 saturated heterocycles. The molecule has 1 aliphatic carbocycles. The van der Waals surface area contributed by atoms with Crippen molar-refractivity contribution < 1.29 is 9.47 Å². The molecule has 1 aromatic heterocycles. The number of fused-ring (bicyclic) bond motifs is 12. The Hall–Kier alpha value is -7.96. The number of nitrogens with zero attached hydrogens (tertiary/aromatic N) is 1. The van der Waals surface area contributed by atoms with E-state index in [0.717, 1.165) is 45.6 Å². The second-order valence-corrected chi connectivity index (χ2v) is 23.6. The molecule has 0 N–H and O–H groups in total. The topological polar surface area (TPSA) is 21.7 Å². The van der Waals surface area contributed by atoms with E-state index in [0.29, 0.717) is 0 Å². The lowest BCUT2D eigenvalue weighted by Gasteiger charge is -2.33. The Morgan fingerprint density at radius 1 is 0.412 bits per heavy atom. The van der Waals surface area contributed by atoms with Crippen LogP contribution in [-0.2, 0) is 5.41 Å². The van der Waals surface area contributed by atoms with E-state index in [1.54, 1.807) is 0 Å². The SMILES string of the molecule is CC1(C)c2ccccc2-c2ccc([Si]3(c4ccc(-c5ccc(N(c6ccccc6)c6ccc7c(c6)sc6ccccc67)cc5)cc4)c4ccccc4-c4c3ccc3c4Oc4ccccc4O3)cc21. The normalized spacial score (nSPS) is 15.6. The highest BCUT2D eigenvalue weighted by Gasteiger charge is 2.51. The van der Waals surface area contributed by atoms with E-state index in [4.69, 9.17) is 9.47 Å². The fourth-order valence-corrected chi connectivity index (χ4v) is 17.9. The van der Waals surface area contributed by atoms with Gasteiger partial charge in [-0.3, -0.25) is 0 Å². The van der Waals surface area contributed by atoms with Gasteiger partial charge in [-0.1, -0.05) is 178 Å². The van der Waals surface area contributed by atoms with E-state index in [-0.39, 0.29) is 5.41 Å². The first kappa shape index (κ1) is 39.2. The van der Waals surface area contributed by atoms with Crippen molar-refractivity contribution in [2.24, 2.45) is 0 Å². The van der Waals surface area contributed by atoms with Gasteiger partial charge in [0.1, 0.15) is 0 Å². The molecule has 10 aromatic carbocycles. The zero-order chi connectivity index (χ0) is 45.1. The second kappa shape index (κ2) is 14.8. The summed E-state index contributed by atoms with van der Waals surface area (Å²) in [5.41, 5.74) is 13.4. The number of hydrogen-bond acceptors (Lipinski definition) is 4. The Morgan fingerprint density at radius 3 is 1.85 bits per heavy atom. The fraction of sp³-hybridized carbons (Fsp3) is 0.0476. The maximum Gasteiger partial charge on any atom is 0.181 e. The van der Waals surface area contributed by atoms with E-state index in [1.165, 1.54) is 79.9 Å². The third kappa shape index (κ3) is 5.64. The first-order valence-electron chi connectivity index (χ1n) is 23.4. The lowest BCUT2D eigenvalue weighted by Crippen LogP contribution is -2.73. The molecule has 2 aliphatic heterocycles. The first-order chi connectivity index (χ1) is 33.4. The van der Waals surface area contributed by atoms with Gasteiger partial charge in [-0.05, 0) is 120 Å². The van der Waals surface area contributed by atoms with Crippen LogP contribution in [0.2, 0.25) is 0 Å². The van der Waals surface area contributed by atoms with Crippen LogP contribution in [0.25, 0.3) is 53.6 Å². The molecule has 0 radical (unpaired) electrons. The van der Waals surface area contributed by atoms with E-state index >= 15 is 0 Å². The Morgan fingerprint density at radius 2 is 1.03 bits per heavy atom. The quantitative estimate of drug-likeness (QED) is 0.155. The number of para-hydroxylation sites is 3. The summed E-state index contributed by atoms with van der Waals surface area (Å²) in [6.07, 6.45) is 0. The number of ether oxygens (including phenoxy) is 2. The molecule has 0 amide bonds. The first-order valence-corrected chi connectivity index (χ1v) is 26.2. The van der Waals surface area contributed by atoms with Crippen LogP contribution in [0.3, 0.4) is 0 Å². The summed E-state index contributed by atoms with van der Waals surface area (Å²) in [6, 6.07) is 82.7. The van der Waals surface area contributed by atoms with Crippen molar-refractivity contribution in [3.8, 4) is 56.4 Å². The highest BCUT2D eigenvalue weighted by molar-refractivity contribution is 7.26. The van der Waals surface area contributed by atoms with Gasteiger partial charge in [0.15, 0.2) is 31.1 Å². The number of rotatable bonds is 6. The summed E-state index contributed by atoms with van der Waals surface area (Å²) >= 11 is 1.85. The van der Waals surface area contributed by atoms with Crippen LogP contribution in [0.4, 0.5) is 17.1 Å². The van der Waals surface area contributed by atoms with Crippen molar-refractivity contribution in [2.75, 3.05) is 4.90 Å². The van der Waals surface area contributed by atoms with E-state index in [9.17, 15) is 0 Å². The van der Waals surface area contributed by atoms with Gasteiger partial charge in [-0.2, -0.15) is 0 Å². The van der Waals surface area contributed by atoms with Crippen LogP contribution < -0.4 is 35.1 Å². The summed E-state index contributed by atoms with van der Waals surface area (Å²) in [5, 5.41) is 8.00. The average Bonchev–Trinajstić information content (AvgIpc) is 4.00. The largest absolute Gasteiger partial charge is 0.449 e. The Balaban J connectivity index is 0.902. The van der Waals surface area contributed by atoms with E-state index < -0.39 is 8.07 Å². The molecule has 3 heterocycles. The predicted octanol–water partition coefficient (Wildman–Crippen LogP) is 14.8. The molecule has 1 atom stereocenters. The minimum Gasteiger partial charge on any atom is -0.449 e. The van der Waals surface area contributed by atoms with Gasteiger partial charge in [0.2, 0.25) is 0 Å². The molecule has 1 unspecified atom stereocenters. The van der Waals surface area contributed by atoms with Crippen molar-refractivity contribution in [2.45, 2.75) is 19.3 Å². The number of thiophene rings is 1. The smallest absolute Gasteiger partial charge is 0.181 e. The van der Waals surface area contributed by atoms with Crippen molar-refractivity contribution in [3.63, 3.8) is 0 Å². The second-order valence-electron chi connectivity index (χ2n) is 18.8. The molecule has 0 spiro atoms. The average molecular weight is 906 g/mol. The molecule has 14 rings (SSSR count). The highest BCUT2D eigenvalue weighted by Crippen LogP contribution is 2.52. The van der Waals surface area contributed by atoms with Crippen LogP contribution in [0, 0.1) is 0 Å². The van der Waals surface area contributed by atoms with Crippen molar-refractivity contribution in [1.82, 2.24) is 0 Å². The number of anilines is 3. The Labute approximate surface area is 400 Å². The molecule has 3 aliphatic rings. The van der Waals surface area contributed by atoms with Crippen LogP contribution in [0.15, 0.2) is 224 Å².